The van der Waals surface area contributed by atoms with Crippen molar-refractivity contribution in [2.45, 2.75) is 50.6 Å². The number of halogens is 4. The molecule has 0 radical (unpaired) electrons. The van der Waals surface area contributed by atoms with E-state index in [2.05, 4.69) is 16.7 Å². The van der Waals surface area contributed by atoms with Crippen molar-refractivity contribution in [2.24, 2.45) is 5.41 Å². The number of nitrogens with zero attached hydrogens (tertiary/aromatic N) is 1. The quantitative estimate of drug-likeness (QED) is 0.352. The lowest BCUT2D eigenvalue weighted by Gasteiger charge is -2.37. The van der Waals surface area contributed by atoms with E-state index in [0.29, 0.717) is 11.4 Å². The molecule has 4 atom stereocenters. The monoisotopic (exact) mass is 547 g/mol. The third-order valence-electron chi connectivity index (χ3n) is 6.50. The van der Waals surface area contributed by atoms with Gasteiger partial charge < -0.3 is 10.6 Å². The van der Waals surface area contributed by atoms with Gasteiger partial charge in [-0.3, -0.25) is 4.79 Å². The van der Waals surface area contributed by atoms with E-state index in [1.54, 1.807) is 18.2 Å². The fourth-order valence-electron chi connectivity index (χ4n) is 5.11. The van der Waals surface area contributed by atoms with Crippen LogP contribution in [0.3, 0.4) is 0 Å². The van der Waals surface area contributed by atoms with Crippen LogP contribution in [0.1, 0.15) is 44.2 Å². The summed E-state index contributed by atoms with van der Waals surface area (Å²) in [6.45, 7) is 5.97. The van der Waals surface area contributed by atoms with Gasteiger partial charge in [-0.05, 0) is 53.1 Å². The van der Waals surface area contributed by atoms with Gasteiger partial charge >= 0.3 is 0 Å². The van der Waals surface area contributed by atoms with E-state index >= 15 is 8.78 Å². The van der Waals surface area contributed by atoms with Crippen LogP contribution < -0.4 is 10.6 Å². The zero-order valence-electron chi connectivity index (χ0n) is 19.9. The number of rotatable bonds is 5. The van der Waals surface area contributed by atoms with Crippen molar-refractivity contribution in [3.05, 3.63) is 86.7 Å². The molecule has 2 aromatic carbocycles. The molecule has 1 fully saturated rings. The Morgan fingerprint density at radius 3 is 2.56 bits per heavy atom. The van der Waals surface area contributed by atoms with E-state index in [0.717, 1.165) is 6.07 Å². The Kier molecular flexibility index (Phi) is 7.45. The second-order valence-corrected chi connectivity index (χ2v) is 11.9. The van der Waals surface area contributed by atoms with Gasteiger partial charge in [-0.15, -0.1) is 11.3 Å². The second kappa shape index (κ2) is 10.1. The maximum absolute atomic E-state index is 15.6. The van der Waals surface area contributed by atoms with E-state index in [9.17, 15) is 10.1 Å². The van der Waals surface area contributed by atoms with Crippen molar-refractivity contribution in [1.82, 2.24) is 5.32 Å². The molecule has 0 unspecified atom stereocenters. The molecule has 3 aromatic rings. The number of carbonyl (C=O) groups is 1. The Labute approximate surface area is 223 Å². The van der Waals surface area contributed by atoms with Crippen molar-refractivity contribution in [2.75, 3.05) is 5.32 Å². The standard InChI is InChI=1S/C27H25Cl2F2N3OS/c1-26(2,3)13-20-27(14-32,17-10-9-15(28)12-19(17)30)22(16-6-4-7-18(29)23(16)31)24(33-20)25(35)34-21-8-5-11-36-21/h4-12,20,22,24,33H,13H2,1-3H3,(H,34,35)/t20-,22-,24+,27-/m1/s1. The topological polar surface area (TPSA) is 64.9 Å². The van der Waals surface area contributed by atoms with Crippen LogP contribution in [0.4, 0.5) is 13.8 Å². The van der Waals surface area contributed by atoms with Crippen LogP contribution in [0.2, 0.25) is 10.0 Å². The van der Waals surface area contributed by atoms with E-state index in [1.807, 2.05) is 26.2 Å². The Morgan fingerprint density at radius 1 is 1.19 bits per heavy atom. The van der Waals surface area contributed by atoms with E-state index < -0.39 is 41.0 Å². The van der Waals surface area contributed by atoms with Crippen LogP contribution in [0, 0.1) is 28.4 Å². The highest BCUT2D eigenvalue weighted by atomic mass is 35.5. The molecular formula is C27H25Cl2F2N3OS. The van der Waals surface area contributed by atoms with Crippen LogP contribution in [-0.2, 0) is 10.2 Å². The maximum atomic E-state index is 15.6. The van der Waals surface area contributed by atoms with Crippen molar-refractivity contribution in [3.63, 3.8) is 0 Å². The van der Waals surface area contributed by atoms with Crippen LogP contribution in [0.5, 0.6) is 0 Å². The minimum Gasteiger partial charge on any atom is -0.316 e. The SMILES string of the molecule is CC(C)(C)C[C@H]1N[C@H](C(=O)Nc2cccs2)[C@@H](c2cccc(Cl)c2F)[C@]1(C#N)c1ccc(Cl)cc1F. The first kappa shape index (κ1) is 26.6. The summed E-state index contributed by atoms with van der Waals surface area (Å²) in [7, 11) is 0. The van der Waals surface area contributed by atoms with Crippen molar-refractivity contribution in [3.8, 4) is 6.07 Å². The summed E-state index contributed by atoms with van der Waals surface area (Å²) in [5, 5.41) is 19.4. The van der Waals surface area contributed by atoms with Gasteiger partial charge in [-0.2, -0.15) is 5.26 Å². The first-order valence-corrected chi connectivity index (χ1v) is 13.0. The summed E-state index contributed by atoms with van der Waals surface area (Å²) in [4.78, 5) is 13.6. The van der Waals surface area contributed by atoms with Gasteiger partial charge in [0.2, 0.25) is 5.91 Å². The highest BCUT2D eigenvalue weighted by molar-refractivity contribution is 7.14. The number of nitriles is 1. The number of hydrogen-bond acceptors (Lipinski definition) is 4. The first-order chi connectivity index (χ1) is 17.0. The highest BCUT2D eigenvalue weighted by Gasteiger charge is 2.61. The molecular weight excluding hydrogens is 523 g/mol. The van der Waals surface area contributed by atoms with Crippen LogP contribution >= 0.6 is 34.5 Å². The van der Waals surface area contributed by atoms with Crippen LogP contribution in [0.25, 0.3) is 0 Å². The summed E-state index contributed by atoms with van der Waals surface area (Å²) >= 11 is 13.5. The molecule has 1 aliphatic heterocycles. The Balaban J connectivity index is 1.98. The normalized spacial score (nSPS) is 23.9. The molecule has 0 aliphatic carbocycles. The summed E-state index contributed by atoms with van der Waals surface area (Å²) in [5.41, 5.74) is -1.84. The molecule has 0 saturated carbocycles. The molecule has 4 rings (SSSR count). The largest absolute Gasteiger partial charge is 0.316 e. The van der Waals surface area contributed by atoms with Gasteiger partial charge in [0.05, 0.1) is 22.1 Å². The molecule has 1 aromatic heterocycles. The maximum Gasteiger partial charge on any atom is 0.242 e. The molecule has 4 nitrogen and oxygen atoms in total. The molecule has 1 amide bonds. The minimum atomic E-state index is -1.65. The second-order valence-electron chi connectivity index (χ2n) is 10.2. The summed E-state index contributed by atoms with van der Waals surface area (Å²) < 4.78 is 31.1. The molecule has 0 spiro atoms. The molecule has 9 heteroatoms. The van der Waals surface area contributed by atoms with Gasteiger partial charge in [0.1, 0.15) is 17.0 Å². The average Bonchev–Trinajstić information content (AvgIpc) is 3.41. The van der Waals surface area contributed by atoms with Crippen LogP contribution in [-0.4, -0.2) is 18.0 Å². The molecule has 36 heavy (non-hydrogen) atoms. The van der Waals surface area contributed by atoms with E-state index in [-0.39, 0.29) is 26.6 Å². The summed E-state index contributed by atoms with van der Waals surface area (Å²) in [6.07, 6.45) is 0.407. The van der Waals surface area contributed by atoms with Gasteiger partial charge in [0, 0.05) is 22.5 Å². The number of thiophene rings is 1. The lowest BCUT2D eigenvalue weighted by Crippen LogP contribution is -2.44. The minimum absolute atomic E-state index is 0.0481. The van der Waals surface area contributed by atoms with Crippen molar-refractivity contribution in [1.29, 1.82) is 5.26 Å². The van der Waals surface area contributed by atoms with Crippen molar-refractivity contribution < 1.29 is 13.6 Å². The molecule has 2 N–H and O–H groups in total. The smallest absolute Gasteiger partial charge is 0.242 e. The first-order valence-electron chi connectivity index (χ1n) is 11.4. The molecule has 188 valence electrons. The number of carbonyl (C=O) groups excluding carboxylic acids is 1. The summed E-state index contributed by atoms with van der Waals surface area (Å²) in [6, 6.07) is 12.7. The molecule has 0 bridgehead atoms. The number of benzene rings is 2. The fourth-order valence-corrected chi connectivity index (χ4v) is 6.07. The lowest BCUT2D eigenvalue weighted by molar-refractivity contribution is -0.118. The lowest BCUT2D eigenvalue weighted by atomic mass is 9.62. The average molecular weight is 548 g/mol. The Bertz CT molecular complexity index is 1320. The third kappa shape index (κ3) is 4.88. The van der Waals surface area contributed by atoms with Gasteiger partial charge in [-0.25, -0.2) is 8.78 Å². The van der Waals surface area contributed by atoms with E-state index in [1.165, 1.54) is 35.6 Å². The number of hydrogen-bond donors (Lipinski definition) is 2. The van der Waals surface area contributed by atoms with Gasteiger partial charge in [0.15, 0.2) is 0 Å². The zero-order valence-corrected chi connectivity index (χ0v) is 22.2. The molecule has 1 saturated heterocycles. The molecule has 1 aliphatic rings. The Hall–Kier alpha value is -2.50. The van der Waals surface area contributed by atoms with Crippen LogP contribution in [0.15, 0.2) is 53.9 Å². The highest BCUT2D eigenvalue weighted by Crippen LogP contribution is 2.52. The number of amides is 1. The van der Waals surface area contributed by atoms with Crippen molar-refractivity contribution >= 4 is 45.4 Å². The third-order valence-corrected chi connectivity index (χ3v) is 7.81. The Morgan fingerprint density at radius 2 is 1.94 bits per heavy atom. The molecule has 2 heterocycles. The fraction of sp³-hybridized carbons (Fsp3) is 0.333. The number of anilines is 1. The summed E-state index contributed by atoms with van der Waals surface area (Å²) in [5.74, 6) is -2.99. The predicted molar refractivity (Wildman–Crippen MR) is 141 cm³/mol. The number of nitrogens with one attached hydrogen (secondary N) is 2. The van der Waals surface area contributed by atoms with Gasteiger partial charge in [0.25, 0.3) is 0 Å². The zero-order chi connectivity index (χ0) is 26.3. The predicted octanol–water partition coefficient (Wildman–Crippen LogP) is 7.29. The van der Waals surface area contributed by atoms with Gasteiger partial charge in [-0.1, -0.05) is 62.2 Å². The van der Waals surface area contributed by atoms with E-state index in [4.69, 9.17) is 23.2 Å².